The van der Waals surface area contributed by atoms with Gasteiger partial charge in [0, 0.05) is 11.9 Å². The summed E-state index contributed by atoms with van der Waals surface area (Å²) in [5, 5.41) is 11.0. The number of carbonyl (C=O) groups is 2. The first kappa shape index (κ1) is 14.7. The Morgan fingerprint density at radius 1 is 1.58 bits per heavy atom. The number of rotatable bonds is 4. The van der Waals surface area contributed by atoms with Crippen LogP contribution in [0.2, 0.25) is 0 Å². The maximum Gasteiger partial charge on any atom is 0.311 e. The van der Waals surface area contributed by atoms with Crippen molar-refractivity contribution in [2.45, 2.75) is 13.0 Å². The van der Waals surface area contributed by atoms with E-state index in [-0.39, 0.29) is 25.2 Å². The standard InChI is InChI=1S/C12H14INO4S/c1-2-14(9-5-18-4-8(9)12(16)17)11(15)7-3-10(13)19-6-7/h3,6,8-9H,2,4-5H2,1H3,(H,16,17). The number of thiophene rings is 1. The fraction of sp³-hybridized carbons (Fsp3) is 0.500. The van der Waals surface area contributed by atoms with Gasteiger partial charge in [-0.25, -0.2) is 0 Å². The number of carboxylic acids is 1. The van der Waals surface area contributed by atoms with Crippen LogP contribution in [-0.2, 0) is 9.53 Å². The average Bonchev–Trinajstić information content (AvgIpc) is 2.98. The van der Waals surface area contributed by atoms with E-state index in [1.807, 2.05) is 13.0 Å². The average molecular weight is 395 g/mol. The maximum absolute atomic E-state index is 12.4. The number of likely N-dealkylation sites (N-methyl/N-ethyl adjacent to an activating group) is 1. The van der Waals surface area contributed by atoms with Crippen LogP contribution < -0.4 is 0 Å². The first-order valence-electron chi connectivity index (χ1n) is 5.90. The minimum Gasteiger partial charge on any atom is -0.481 e. The molecular formula is C12H14INO4S. The predicted octanol–water partition coefficient (Wildman–Crippen LogP) is 1.91. The Morgan fingerprint density at radius 2 is 2.32 bits per heavy atom. The molecule has 0 spiro atoms. The second-order valence-corrected chi connectivity index (χ2v) is 7.09. The molecule has 0 radical (unpaired) electrons. The Morgan fingerprint density at radius 3 is 2.84 bits per heavy atom. The summed E-state index contributed by atoms with van der Waals surface area (Å²) in [4.78, 5) is 25.2. The lowest BCUT2D eigenvalue weighted by Gasteiger charge is -2.29. The monoisotopic (exact) mass is 395 g/mol. The van der Waals surface area contributed by atoms with E-state index in [0.717, 1.165) is 2.88 Å². The third-order valence-electron chi connectivity index (χ3n) is 3.18. The van der Waals surface area contributed by atoms with Crippen molar-refractivity contribution in [2.75, 3.05) is 19.8 Å². The lowest BCUT2D eigenvalue weighted by molar-refractivity contribution is -0.142. The van der Waals surface area contributed by atoms with Crippen molar-refractivity contribution < 1.29 is 19.4 Å². The van der Waals surface area contributed by atoms with Gasteiger partial charge in [0.1, 0.15) is 5.92 Å². The van der Waals surface area contributed by atoms with Crippen LogP contribution in [0.25, 0.3) is 0 Å². The number of halogens is 1. The summed E-state index contributed by atoms with van der Waals surface area (Å²) >= 11 is 3.66. The third-order valence-corrected chi connectivity index (χ3v) is 4.97. The van der Waals surface area contributed by atoms with Crippen molar-refractivity contribution in [2.24, 2.45) is 5.92 Å². The molecule has 2 unspecified atom stereocenters. The summed E-state index contributed by atoms with van der Waals surface area (Å²) in [6.07, 6.45) is 0. The van der Waals surface area contributed by atoms with Crippen molar-refractivity contribution in [3.05, 3.63) is 19.9 Å². The van der Waals surface area contributed by atoms with Crippen LogP contribution in [0.3, 0.4) is 0 Å². The second-order valence-electron chi connectivity index (χ2n) is 4.28. The fourth-order valence-corrected chi connectivity index (χ4v) is 3.52. The van der Waals surface area contributed by atoms with Crippen LogP contribution in [0.5, 0.6) is 0 Å². The quantitative estimate of drug-likeness (QED) is 0.792. The van der Waals surface area contributed by atoms with Gasteiger partial charge in [0.05, 0.1) is 27.7 Å². The summed E-state index contributed by atoms with van der Waals surface area (Å²) in [6, 6.07) is 1.44. The Balaban J connectivity index is 2.20. The molecule has 0 aliphatic carbocycles. The fourth-order valence-electron chi connectivity index (χ4n) is 2.20. The summed E-state index contributed by atoms with van der Waals surface area (Å²) in [7, 11) is 0. The zero-order valence-corrected chi connectivity index (χ0v) is 13.3. The first-order valence-corrected chi connectivity index (χ1v) is 7.86. The third kappa shape index (κ3) is 3.09. The maximum atomic E-state index is 12.4. The van der Waals surface area contributed by atoms with Crippen molar-refractivity contribution in [3.63, 3.8) is 0 Å². The number of hydrogen-bond acceptors (Lipinski definition) is 4. The molecule has 1 aromatic rings. The van der Waals surface area contributed by atoms with E-state index < -0.39 is 11.9 Å². The van der Waals surface area contributed by atoms with Crippen molar-refractivity contribution >= 4 is 45.8 Å². The number of hydrogen-bond donors (Lipinski definition) is 1. The van der Waals surface area contributed by atoms with E-state index in [1.54, 1.807) is 10.3 Å². The van der Waals surface area contributed by atoms with E-state index in [0.29, 0.717) is 12.1 Å². The van der Waals surface area contributed by atoms with E-state index in [9.17, 15) is 9.59 Å². The molecule has 0 saturated carbocycles. The highest BCUT2D eigenvalue weighted by molar-refractivity contribution is 14.1. The summed E-state index contributed by atoms with van der Waals surface area (Å²) in [5.41, 5.74) is 0.618. The van der Waals surface area contributed by atoms with Crippen LogP contribution in [-0.4, -0.2) is 47.7 Å². The lowest BCUT2D eigenvalue weighted by atomic mass is 10.0. The number of ether oxygens (including phenoxy) is 1. The normalized spacial score (nSPS) is 22.4. The first-order chi connectivity index (χ1) is 9.04. The Bertz CT molecular complexity index is 490. The van der Waals surface area contributed by atoms with Crippen LogP contribution in [0, 0.1) is 8.80 Å². The molecule has 104 valence electrons. The van der Waals surface area contributed by atoms with Crippen molar-refractivity contribution in [1.82, 2.24) is 4.90 Å². The molecule has 1 aromatic heterocycles. The number of carboxylic acid groups (broad SMARTS) is 1. The van der Waals surface area contributed by atoms with Gasteiger partial charge in [0.25, 0.3) is 5.91 Å². The van der Waals surface area contributed by atoms with E-state index in [1.165, 1.54) is 11.3 Å². The molecule has 1 N–H and O–H groups in total. The molecule has 1 aliphatic rings. The largest absolute Gasteiger partial charge is 0.481 e. The predicted molar refractivity (Wildman–Crippen MR) is 79.5 cm³/mol. The highest BCUT2D eigenvalue weighted by Gasteiger charge is 2.39. The Kier molecular flexibility index (Phi) is 4.80. The summed E-state index contributed by atoms with van der Waals surface area (Å²) in [5.74, 6) is -1.67. The number of amides is 1. The van der Waals surface area contributed by atoms with E-state index in [2.05, 4.69) is 22.6 Å². The van der Waals surface area contributed by atoms with Crippen molar-refractivity contribution in [1.29, 1.82) is 0 Å². The molecule has 0 bridgehead atoms. The highest BCUT2D eigenvalue weighted by Crippen LogP contribution is 2.24. The van der Waals surface area contributed by atoms with Gasteiger partial charge in [0.15, 0.2) is 0 Å². The summed E-state index contributed by atoms with van der Waals surface area (Å²) < 4.78 is 6.27. The smallest absolute Gasteiger partial charge is 0.311 e. The van der Waals surface area contributed by atoms with Crippen LogP contribution in [0.1, 0.15) is 17.3 Å². The van der Waals surface area contributed by atoms with Gasteiger partial charge >= 0.3 is 5.97 Å². The van der Waals surface area contributed by atoms with Gasteiger partial charge in [-0.3, -0.25) is 9.59 Å². The Hall–Kier alpha value is -0.670. The van der Waals surface area contributed by atoms with Crippen LogP contribution >= 0.6 is 33.9 Å². The molecule has 1 saturated heterocycles. The topological polar surface area (TPSA) is 66.8 Å². The Labute approximate surface area is 128 Å². The zero-order chi connectivity index (χ0) is 14.0. The molecule has 5 nitrogen and oxygen atoms in total. The second kappa shape index (κ2) is 6.19. The molecule has 0 aromatic carbocycles. The van der Waals surface area contributed by atoms with Crippen LogP contribution in [0.15, 0.2) is 11.4 Å². The minimum atomic E-state index is -0.909. The molecule has 19 heavy (non-hydrogen) atoms. The molecule has 7 heteroatoms. The van der Waals surface area contributed by atoms with E-state index >= 15 is 0 Å². The lowest BCUT2D eigenvalue weighted by Crippen LogP contribution is -2.46. The highest BCUT2D eigenvalue weighted by atomic mass is 127. The number of carbonyl (C=O) groups excluding carboxylic acids is 1. The summed E-state index contributed by atoms with van der Waals surface area (Å²) in [6.45, 7) is 2.79. The van der Waals surface area contributed by atoms with Gasteiger partial charge in [-0.1, -0.05) is 0 Å². The zero-order valence-electron chi connectivity index (χ0n) is 10.3. The van der Waals surface area contributed by atoms with Gasteiger partial charge in [-0.2, -0.15) is 0 Å². The van der Waals surface area contributed by atoms with Crippen molar-refractivity contribution in [3.8, 4) is 0 Å². The van der Waals surface area contributed by atoms with Gasteiger partial charge < -0.3 is 14.7 Å². The molecule has 1 aliphatic heterocycles. The molecule has 2 rings (SSSR count). The van der Waals surface area contributed by atoms with Gasteiger partial charge in [-0.15, -0.1) is 11.3 Å². The molecule has 2 heterocycles. The van der Waals surface area contributed by atoms with Gasteiger partial charge in [0.2, 0.25) is 0 Å². The number of nitrogens with zero attached hydrogens (tertiary/aromatic N) is 1. The SMILES string of the molecule is CCN(C(=O)c1csc(I)c1)C1COCC1C(=O)O. The molecule has 1 amide bonds. The van der Waals surface area contributed by atoms with Gasteiger partial charge in [-0.05, 0) is 35.6 Å². The van der Waals surface area contributed by atoms with E-state index in [4.69, 9.17) is 9.84 Å². The minimum absolute atomic E-state index is 0.122. The molecule has 1 fully saturated rings. The molecular weight excluding hydrogens is 381 g/mol. The van der Waals surface area contributed by atoms with Crippen LogP contribution in [0.4, 0.5) is 0 Å². The number of aliphatic carboxylic acids is 1. The molecule has 2 atom stereocenters.